The molecule has 4 N–H and O–H groups in total. The SMILES string of the molecule is Bc1ccc(CO[C@H]2CCN(C(=O)[C@@H](CCc3ccccc3)NC(=O)OCc3ccccc3)[C@@H]2C(=O)N[C@@H](CCCCN)C(=O)c2nc3ccccc3o2)cc1. The number of amides is 3. The predicted molar refractivity (Wildman–Crippen MR) is 215 cm³/mol. The van der Waals surface area contributed by atoms with E-state index < -0.39 is 47.9 Å². The number of nitrogens with one attached hydrogen (secondary N) is 2. The van der Waals surface area contributed by atoms with Crippen LogP contribution in [0.25, 0.3) is 11.1 Å². The highest BCUT2D eigenvalue weighted by Crippen LogP contribution is 2.26. The number of likely N-dealkylation sites (tertiary alicyclic amines) is 1. The minimum absolute atomic E-state index is 0.0234. The van der Waals surface area contributed by atoms with Crippen LogP contribution in [0.4, 0.5) is 4.79 Å². The lowest BCUT2D eigenvalue weighted by atomic mass is 9.95. The van der Waals surface area contributed by atoms with Gasteiger partial charge >= 0.3 is 6.09 Å². The van der Waals surface area contributed by atoms with Gasteiger partial charge in [0.15, 0.2) is 5.58 Å². The molecular weight excluding hydrogens is 709 g/mol. The number of carbonyl (C=O) groups excluding carboxylic acids is 4. The topological polar surface area (TPSA) is 166 Å². The number of hydrogen-bond acceptors (Lipinski definition) is 9. The molecule has 4 aromatic carbocycles. The number of alkyl carbamates (subject to hydrolysis) is 1. The summed E-state index contributed by atoms with van der Waals surface area (Å²) < 4.78 is 17.7. The molecule has 1 aromatic heterocycles. The molecule has 12 nitrogen and oxygen atoms in total. The molecule has 1 aliphatic heterocycles. The molecule has 1 fully saturated rings. The number of fused-ring (bicyclic) bond motifs is 1. The molecule has 0 aliphatic carbocycles. The van der Waals surface area contributed by atoms with Gasteiger partial charge in [-0.2, -0.15) is 0 Å². The summed E-state index contributed by atoms with van der Waals surface area (Å²) in [7, 11) is 2.00. The molecule has 13 heteroatoms. The van der Waals surface area contributed by atoms with Crippen LogP contribution in [0, 0.1) is 0 Å². The van der Waals surface area contributed by atoms with Crippen molar-refractivity contribution in [3.8, 4) is 0 Å². The second kappa shape index (κ2) is 19.7. The number of nitrogens with zero attached hydrogens (tertiary/aromatic N) is 2. The number of hydrogen-bond donors (Lipinski definition) is 3. The molecule has 6 rings (SSSR count). The van der Waals surface area contributed by atoms with E-state index in [1.54, 1.807) is 24.3 Å². The number of benzene rings is 4. The molecule has 0 unspecified atom stereocenters. The highest BCUT2D eigenvalue weighted by atomic mass is 16.5. The Labute approximate surface area is 327 Å². The Kier molecular flexibility index (Phi) is 14.0. The lowest BCUT2D eigenvalue weighted by Crippen LogP contribution is -2.58. The number of carbonyl (C=O) groups is 4. The molecule has 290 valence electrons. The number of oxazole rings is 1. The van der Waals surface area contributed by atoms with Crippen molar-refractivity contribution in [2.75, 3.05) is 13.1 Å². The maximum Gasteiger partial charge on any atom is 0.408 e. The van der Waals surface area contributed by atoms with Gasteiger partial charge in [-0.1, -0.05) is 103 Å². The maximum atomic E-state index is 14.6. The summed E-state index contributed by atoms with van der Waals surface area (Å²) in [4.78, 5) is 62.1. The summed E-state index contributed by atoms with van der Waals surface area (Å²) in [5, 5.41) is 5.73. The Bertz CT molecular complexity index is 2030. The minimum atomic E-state index is -1.11. The Balaban J connectivity index is 1.25. The number of aryl methyl sites for hydroxylation is 1. The van der Waals surface area contributed by atoms with E-state index in [0.29, 0.717) is 43.3 Å². The molecule has 0 saturated carbocycles. The first kappa shape index (κ1) is 39.9. The van der Waals surface area contributed by atoms with E-state index in [-0.39, 0.29) is 38.5 Å². The van der Waals surface area contributed by atoms with E-state index in [0.717, 1.165) is 22.2 Å². The van der Waals surface area contributed by atoms with Crippen molar-refractivity contribution in [3.05, 3.63) is 132 Å². The fourth-order valence-electron chi connectivity index (χ4n) is 6.85. The Morgan fingerprint density at radius 2 is 1.48 bits per heavy atom. The zero-order valence-corrected chi connectivity index (χ0v) is 31.6. The van der Waals surface area contributed by atoms with Crippen molar-refractivity contribution in [1.82, 2.24) is 20.5 Å². The van der Waals surface area contributed by atoms with Gasteiger partial charge in [0.2, 0.25) is 17.6 Å². The molecule has 2 heterocycles. The number of ether oxygens (including phenoxy) is 2. The molecule has 0 bridgehead atoms. The van der Waals surface area contributed by atoms with E-state index in [1.165, 1.54) is 4.90 Å². The second-order valence-electron chi connectivity index (χ2n) is 14.1. The van der Waals surface area contributed by atoms with Gasteiger partial charge in [0.05, 0.1) is 18.8 Å². The first-order valence-electron chi connectivity index (χ1n) is 19.2. The van der Waals surface area contributed by atoms with E-state index in [9.17, 15) is 19.2 Å². The van der Waals surface area contributed by atoms with Crippen LogP contribution in [0.2, 0.25) is 0 Å². The van der Waals surface area contributed by atoms with Crippen LogP contribution in [0.15, 0.2) is 114 Å². The van der Waals surface area contributed by atoms with Crippen molar-refractivity contribution in [2.45, 2.75) is 76.0 Å². The van der Waals surface area contributed by atoms with Gasteiger partial charge in [0, 0.05) is 6.54 Å². The van der Waals surface area contributed by atoms with Crippen LogP contribution >= 0.6 is 0 Å². The predicted octanol–water partition coefficient (Wildman–Crippen LogP) is 4.00. The number of rotatable bonds is 18. The summed E-state index contributed by atoms with van der Waals surface area (Å²) >= 11 is 0. The number of para-hydroxylation sites is 2. The Hall–Kier alpha value is -5.79. The zero-order valence-electron chi connectivity index (χ0n) is 31.6. The van der Waals surface area contributed by atoms with Crippen molar-refractivity contribution in [1.29, 1.82) is 0 Å². The third kappa shape index (κ3) is 10.7. The van der Waals surface area contributed by atoms with Gasteiger partial charge in [-0.25, -0.2) is 9.78 Å². The zero-order chi connectivity index (χ0) is 39.3. The van der Waals surface area contributed by atoms with Crippen molar-refractivity contribution < 1.29 is 33.1 Å². The number of Topliss-reactive ketones (excluding diaryl/α,β-unsaturated/α-hetero) is 1. The molecule has 5 aromatic rings. The highest BCUT2D eigenvalue weighted by Gasteiger charge is 2.45. The Morgan fingerprint density at radius 3 is 2.20 bits per heavy atom. The average Bonchev–Trinajstić information content (AvgIpc) is 3.86. The number of aromatic nitrogens is 1. The lowest BCUT2D eigenvalue weighted by molar-refractivity contribution is -0.143. The van der Waals surface area contributed by atoms with Crippen LogP contribution in [-0.2, 0) is 38.7 Å². The van der Waals surface area contributed by atoms with Gasteiger partial charge in [-0.05, 0) is 73.9 Å². The van der Waals surface area contributed by atoms with Gasteiger partial charge in [-0.15, -0.1) is 0 Å². The summed E-state index contributed by atoms with van der Waals surface area (Å²) in [6, 6.07) is 30.7. The van der Waals surface area contributed by atoms with Crippen LogP contribution in [0.1, 0.15) is 59.5 Å². The van der Waals surface area contributed by atoms with Gasteiger partial charge in [-0.3, -0.25) is 14.4 Å². The summed E-state index contributed by atoms with van der Waals surface area (Å²) in [6.45, 7) is 0.841. The average molecular weight is 758 g/mol. The van der Waals surface area contributed by atoms with E-state index in [1.807, 2.05) is 92.8 Å². The quantitative estimate of drug-likeness (QED) is 0.0681. The fraction of sp³-hybridized carbons (Fsp3) is 0.326. The first-order chi connectivity index (χ1) is 27.3. The normalized spacial score (nSPS) is 16.3. The number of ketones is 1. The smallest absolute Gasteiger partial charge is 0.408 e. The monoisotopic (exact) mass is 757 g/mol. The summed E-state index contributed by atoms with van der Waals surface area (Å²) in [6.07, 6.45) is 1.11. The molecule has 4 atom stereocenters. The fourth-order valence-corrected chi connectivity index (χ4v) is 6.85. The maximum absolute atomic E-state index is 14.6. The van der Waals surface area contributed by atoms with Crippen LogP contribution < -0.4 is 21.8 Å². The van der Waals surface area contributed by atoms with Crippen LogP contribution in [0.5, 0.6) is 0 Å². The van der Waals surface area contributed by atoms with Crippen molar-refractivity contribution in [3.63, 3.8) is 0 Å². The summed E-state index contributed by atoms with van der Waals surface area (Å²) in [5.41, 5.74) is 10.6. The highest BCUT2D eigenvalue weighted by molar-refractivity contribution is 6.32. The van der Waals surface area contributed by atoms with E-state index in [4.69, 9.17) is 19.6 Å². The van der Waals surface area contributed by atoms with Gasteiger partial charge in [0.25, 0.3) is 5.89 Å². The third-order valence-corrected chi connectivity index (χ3v) is 9.93. The van der Waals surface area contributed by atoms with E-state index >= 15 is 0 Å². The molecule has 3 amide bonds. The second-order valence-corrected chi connectivity index (χ2v) is 14.1. The van der Waals surface area contributed by atoms with Crippen LogP contribution in [0.3, 0.4) is 0 Å². The molecular formula is C43H48BN5O7. The molecule has 56 heavy (non-hydrogen) atoms. The number of unbranched alkanes of at least 4 members (excludes halogenated alkanes) is 1. The lowest BCUT2D eigenvalue weighted by Gasteiger charge is -2.31. The van der Waals surface area contributed by atoms with E-state index in [2.05, 4.69) is 15.6 Å². The third-order valence-electron chi connectivity index (χ3n) is 9.93. The standard InChI is InChI=1S/C43H48BN5O7/c44-32-21-18-31(19-22-32)27-54-37-24-26-49(38(37)40(51)46-34(16-9-10-25-45)39(50)41-47-33-15-7-8-17-36(33)56-41)42(52)35(23-20-29-11-3-1-4-12-29)48-43(53)55-28-30-13-5-2-6-14-30/h1-8,11-15,17-19,21-22,34-35,37-38H,9-10,16,20,23-28,44-45H2,(H,46,51)(H,48,53)/t34-,35+,37-,38-/m0/s1. The van der Waals surface area contributed by atoms with Crippen molar-refractivity contribution >= 4 is 48.1 Å². The van der Waals surface area contributed by atoms with Crippen molar-refractivity contribution in [2.24, 2.45) is 5.73 Å². The Morgan fingerprint density at radius 1 is 0.804 bits per heavy atom. The first-order valence-corrected chi connectivity index (χ1v) is 19.2. The molecule has 1 aliphatic rings. The minimum Gasteiger partial charge on any atom is -0.445 e. The molecule has 0 radical (unpaired) electrons. The van der Waals surface area contributed by atoms with Crippen LogP contribution in [-0.4, -0.2) is 78.7 Å². The summed E-state index contributed by atoms with van der Waals surface area (Å²) in [5.74, 6) is -1.61. The number of nitrogens with two attached hydrogens (primary N) is 1. The molecule has 1 saturated heterocycles. The molecule has 0 spiro atoms. The largest absolute Gasteiger partial charge is 0.445 e. The van der Waals surface area contributed by atoms with Gasteiger partial charge < -0.3 is 35.2 Å². The van der Waals surface area contributed by atoms with Gasteiger partial charge in [0.1, 0.15) is 32.1 Å².